The summed E-state index contributed by atoms with van der Waals surface area (Å²) in [7, 11) is 1.53. The zero-order valence-electron chi connectivity index (χ0n) is 11.0. The van der Waals surface area contributed by atoms with Gasteiger partial charge in [0, 0.05) is 28.9 Å². The number of hydrogen-bond donors (Lipinski definition) is 2. The van der Waals surface area contributed by atoms with Gasteiger partial charge in [-0.25, -0.2) is 0 Å². The maximum atomic E-state index is 12.1. The Morgan fingerprint density at radius 2 is 2.05 bits per heavy atom. The van der Waals surface area contributed by atoms with Gasteiger partial charge in [-0.1, -0.05) is 29.8 Å². The van der Waals surface area contributed by atoms with Gasteiger partial charge in [-0.15, -0.1) is 0 Å². The van der Waals surface area contributed by atoms with E-state index in [-0.39, 0.29) is 5.91 Å². The fourth-order valence-electron chi connectivity index (χ4n) is 1.79. The molecule has 0 aliphatic rings. The van der Waals surface area contributed by atoms with Crippen LogP contribution in [-0.4, -0.2) is 13.0 Å². The maximum absolute atomic E-state index is 12.1. The summed E-state index contributed by atoms with van der Waals surface area (Å²) < 4.78 is 5.09. The Morgan fingerprint density at radius 1 is 1.30 bits per heavy atom. The van der Waals surface area contributed by atoms with Gasteiger partial charge in [-0.05, 0) is 23.8 Å². The molecule has 2 aromatic carbocycles. The van der Waals surface area contributed by atoms with E-state index in [1.165, 1.54) is 7.11 Å². The zero-order chi connectivity index (χ0) is 14.5. The molecule has 0 fully saturated rings. The van der Waals surface area contributed by atoms with Crippen molar-refractivity contribution in [2.45, 2.75) is 6.54 Å². The van der Waals surface area contributed by atoms with Crippen molar-refractivity contribution in [1.82, 2.24) is 5.32 Å². The number of benzene rings is 2. The third-order valence-electron chi connectivity index (χ3n) is 2.82. The molecule has 20 heavy (non-hydrogen) atoms. The molecule has 1 amide bonds. The molecule has 2 rings (SSSR count). The first-order chi connectivity index (χ1) is 9.60. The van der Waals surface area contributed by atoms with Gasteiger partial charge in [-0.2, -0.15) is 0 Å². The highest BCUT2D eigenvalue weighted by molar-refractivity contribution is 6.31. The van der Waals surface area contributed by atoms with E-state index < -0.39 is 0 Å². The van der Waals surface area contributed by atoms with Crippen molar-refractivity contribution in [2.75, 3.05) is 12.8 Å². The minimum atomic E-state index is -0.226. The number of nitrogens with two attached hydrogens (primary N) is 1. The molecular formula is C15H15ClN2O2. The van der Waals surface area contributed by atoms with Crippen molar-refractivity contribution in [3.05, 3.63) is 58.6 Å². The van der Waals surface area contributed by atoms with E-state index in [0.29, 0.717) is 28.6 Å². The quantitative estimate of drug-likeness (QED) is 0.851. The molecule has 0 aliphatic carbocycles. The summed E-state index contributed by atoms with van der Waals surface area (Å²) in [4.78, 5) is 12.1. The maximum Gasteiger partial charge on any atom is 0.251 e. The molecular weight excluding hydrogens is 276 g/mol. The number of nitrogen functional groups attached to an aromatic ring is 1. The lowest BCUT2D eigenvalue weighted by Crippen LogP contribution is -2.23. The van der Waals surface area contributed by atoms with Crippen LogP contribution in [-0.2, 0) is 6.54 Å². The van der Waals surface area contributed by atoms with Crippen molar-refractivity contribution in [3.63, 3.8) is 0 Å². The van der Waals surface area contributed by atoms with Crippen LogP contribution in [0.3, 0.4) is 0 Å². The first-order valence-corrected chi connectivity index (χ1v) is 6.44. The van der Waals surface area contributed by atoms with Crippen molar-refractivity contribution in [3.8, 4) is 5.75 Å². The molecule has 0 radical (unpaired) electrons. The molecule has 0 saturated carbocycles. The number of hydrogen-bond acceptors (Lipinski definition) is 3. The van der Waals surface area contributed by atoms with Crippen LogP contribution in [0.25, 0.3) is 0 Å². The van der Waals surface area contributed by atoms with E-state index in [1.807, 2.05) is 18.2 Å². The van der Waals surface area contributed by atoms with Crippen LogP contribution in [0.15, 0.2) is 42.5 Å². The third kappa shape index (κ3) is 3.42. The normalized spacial score (nSPS) is 10.1. The molecule has 0 heterocycles. The summed E-state index contributed by atoms with van der Waals surface area (Å²) in [5, 5.41) is 3.42. The average Bonchev–Trinajstić information content (AvgIpc) is 2.45. The van der Waals surface area contributed by atoms with E-state index >= 15 is 0 Å². The molecule has 0 aromatic heterocycles. The van der Waals surface area contributed by atoms with Crippen LogP contribution in [0, 0.1) is 0 Å². The first kappa shape index (κ1) is 14.2. The number of amides is 1. The summed E-state index contributed by atoms with van der Waals surface area (Å²) in [5.41, 5.74) is 7.51. The summed E-state index contributed by atoms with van der Waals surface area (Å²) in [6.45, 7) is 0.357. The first-order valence-electron chi connectivity index (χ1n) is 6.06. The molecule has 0 atom stereocenters. The highest BCUT2D eigenvalue weighted by Gasteiger charge is 2.09. The van der Waals surface area contributed by atoms with Gasteiger partial charge >= 0.3 is 0 Å². The molecule has 104 valence electrons. The van der Waals surface area contributed by atoms with E-state index in [9.17, 15) is 4.79 Å². The topological polar surface area (TPSA) is 64.3 Å². The van der Waals surface area contributed by atoms with Crippen LogP contribution >= 0.6 is 11.6 Å². The number of rotatable bonds is 4. The standard InChI is InChI=1S/C15H15ClN2O2/c1-20-13-7-11(6-12(17)8-13)15(19)18-9-10-4-2-3-5-14(10)16/h2-8H,9,17H2,1H3,(H,18,19). The van der Waals surface area contributed by atoms with Crippen LogP contribution in [0.4, 0.5) is 5.69 Å². The van der Waals surface area contributed by atoms with E-state index in [4.69, 9.17) is 22.1 Å². The largest absolute Gasteiger partial charge is 0.497 e. The lowest BCUT2D eigenvalue weighted by Gasteiger charge is -2.09. The number of halogens is 1. The summed E-state index contributed by atoms with van der Waals surface area (Å²) in [5.74, 6) is 0.323. The minimum absolute atomic E-state index is 0.226. The fraction of sp³-hybridized carbons (Fsp3) is 0.133. The summed E-state index contributed by atoms with van der Waals surface area (Å²) in [6, 6.07) is 12.3. The Hall–Kier alpha value is -2.20. The fourth-order valence-corrected chi connectivity index (χ4v) is 1.99. The molecule has 0 saturated heterocycles. The van der Waals surface area contributed by atoms with E-state index in [0.717, 1.165) is 5.56 Å². The second-order valence-corrected chi connectivity index (χ2v) is 4.68. The summed E-state index contributed by atoms with van der Waals surface area (Å²) in [6.07, 6.45) is 0. The number of nitrogens with one attached hydrogen (secondary N) is 1. The Kier molecular flexibility index (Phi) is 4.48. The zero-order valence-corrected chi connectivity index (χ0v) is 11.8. The molecule has 0 unspecified atom stereocenters. The lowest BCUT2D eigenvalue weighted by molar-refractivity contribution is 0.0950. The second-order valence-electron chi connectivity index (χ2n) is 4.27. The molecule has 2 aromatic rings. The molecule has 0 aliphatic heterocycles. The molecule has 0 spiro atoms. The van der Waals surface area contributed by atoms with Crippen molar-refractivity contribution >= 4 is 23.2 Å². The number of carbonyl (C=O) groups excluding carboxylic acids is 1. The number of anilines is 1. The Balaban J connectivity index is 2.09. The van der Waals surface area contributed by atoms with Crippen molar-refractivity contribution in [1.29, 1.82) is 0 Å². The smallest absolute Gasteiger partial charge is 0.251 e. The Labute approximate surface area is 122 Å². The highest BCUT2D eigenvalue weighted by Crippen LogP contribution is 2.19. The predicted octanol–water partition coefficient (Wildman–Crippen LogP) is 2.86. The van der Waals surface area contributed by atoms with Crippen LogP contribution in [0.5, 0.6) is 5.75 Å². The Bertz CT molecular complexity index is 629. The predicted molar refractivity (Wildman–Crippen MR) is 80.0 cm³/mol. The minimum Gasteiger partial charge on any atom is -0.497 e. The molecule has 4 nitrogen and oxygen atoms in total. The van der Waals surface area contributed by atoms with Crippen LogP contribution in [0.2, 0.25) is 5.02 Å². The lowest BCUT2D eigenvalue weighted by atomic mass is 10.1. The van der Waals surface area contributed by atoms with Gasteiger partial charge < -0.3 is 15.8 Å². The van der Waals surface area contributed by atoms with Gasteiger partial charge in [0.1, 0.15) is 5.75 Å². The number of ether oxygens (including phenoxy) is 1. The highest BCUT2D eigenvalue weighted by atomic mass is 35.5. The van der Waals surface area contributed by atoms with Crippen LogP contribution in [0.1, 0.15) is 15.9 Å². The van der Waals surface area contributed by atoms with Crippen LogP contribution < -0.4 is 15.8 Å². The van der Waals surface area contributed by atoms with Gasteiger partial charge in [0.15, 0.2) is 0 Å². The van der Waals surface area contributed by atoms with E-state index in [2.05, 4.69) is 5.32 Å². The SMILES string of the molecule is COc1cc(N)cc(C(=O)NCc2ccccc2Cl)c1. The number of methoxy groups -OCH3 is 1. The molecule has 0 bridgehead atoms. The average molecular weight is 291 g/mol. The molecule has 5 heteroatoms. The molecule has 3 N–H and O–H groups in total. The van der Waals surface area contributed by atoms with Gasteiger partial charge in [0.25, 0.3) is 5.91 Å². The van der Waals surface area contributed by atoms with Crippen molar-refractivity contribution < 1.29 is 9.53 Å². The number of carbonyl (C=O) groups is 1. The second kappa shape index (κ2) is 6.30. The van der Waals surface area contributed by atoms with Gasteiger partial charge in [0.2, 0.25) is 0 Å². The summed E-state index contributed by atoms with van der Waals surface area (Å²) >= 11 is 6.04. The van der Waals surface area contributed by atoms with Crippen molar-refractivity contribution in [2.24, 2.45) is 0 Å². The monoisotopic (exact) mass is 290 g/mol. The van der Waals surface area contributed by atoms with Gasteiger partial charge in [-0.3, -0.25) is 4.79 Å². The van der Waals surface area contributed by atoms with Gasteiger partial charge in [0.05, 0.1) is 7.11 Å². The third-order valence-corrected chi connectivity index (χ3v) is 3.19. The Morgan fingerprint density at radius 3 is 2.75 bits per heavy atom. The van der Waals surface area contributed by atoms with E-state index in [1.54, 1.807) is 24.3 Å².